The second-order valence-corrected chi connectivity index (χ2v) is 5.78. The minimum Gasteiger partial charge on any atom is -0.381 e. The first-order valence-corrected chi connectivity index (χ1v) is 7.84. The van der Waals surface area contributed by atoms with Crippen LogP contribution in [0.3, 0.4) is 0 Å². The molecule has 1 heterocycles. The summed E-state index contributed by atoms with van der Waals surface area (Å²) in [5.41, 5.74) is 1.81. The Kier molecular flexibility index (Phi) is 5.12. The van der Waals surface area contributed by atoms with E-state index < -0.39 is 0 Å². The second-order valence-electron chi connectivity index (χ2n) is 4.93. The van der Waals surface area contributed by atoms with Gasteiger partial charge in [-0.2, -0.15) is 5.26 Å². The molecule has 4 heteroatoms. The molecule has 0 amide bonds. The Bertz CT molecular complexity index is 464. The maximum absolute atomic E-state index is 9.37. The van der Waals surface area contributed by atoms with Crippen molar-refractivity contribution in [2.45, 2.75) is 17.7 Å². The Balaban J connectivity index is 2.14. The first-order chi connectivity index (χ1) is 9.26. The van der Waals surface area contributed by atoms with Gasteiger partial charge in [-0.1, -0.05) is 6.07 Å². The van der Waals surface area contributed by atoms with Crippen LogP contribution in [0.15, 0.2) is 23.1 Å². The lowest BCUT2D eigenvalue weighted by Gasteiger charge is -2.29. The summed E-state index contributed by atoms with van der Waals surface area (Å²) >= 11 is 1.62. The van der Waals surface area contributed by atoms with E-state index in [9.17, 15) is 5.26 Å². The number of anilines is 1. The van der Waals surface area contributed by atoms with Gasteiger partial charge in [-0.15, -0.1) is 11.8 Å². The van der Waals surface area contributed by atoms with Crippen LogP contribution in [0.25, 0.3) is 0 Å². The smallest absolute Gasteiger partial charge is 0.102 e. The van der Waals surface area contributed by atoms with Crippen molar-refractivity contribution < 1.29 is 4.74 Å². The summed E-state index contributed by atoms with van der Waals surface area (Å²) in [5, 5.41) is 9.37. The van der Waals surface area contributed by atoms with Crippen LogP contribution >= 0.6 is 11.8 Å². The van der Waals surface area contributed by atoms with Gasteiger partial charge in [0.25, 0.3) is 0 Å². The number of thioether (sulfide) groups is 1. The van der Waals surface area contributed by atoms with Gasteiger partial charge in [-0.05, 0) is 37.1 Å². The van der Waals surface area contributed by atoms with E-state index >= 15 is 0 Å². The third kappa shape index (κ3) is 3.43. The third-order valence-electron chi connectivity index (χ3n) is 3.53. The number of benzene rings is 1. The lowest BCUT2D eigenvalue weighted by Crippen LogP contribution is -2.31. The summed E-state index contributed by atoms with van der Waals surface area (Å²) in [6.07, 6.45) is 4.37. The molecule has 1 atom stereocenters. The Hall–Kier alpha value is -1.18. The summed E-state index contributed by atoms with van der Waals surface area (Å²) in [7, 11) is 2.06. The summed E-state index contributed by atoms with van der Waals surface area (Å²) in [6, 6.07) is 8.40. The van der Waals surface area contributed by atoms with Crippen LogP contribution in [0, 0.1) is 17.2 Å². The van der Waals surface area contributed by atoms with Crippen LogP contribution in [-0.2, 0) is 4.74 Å². The van der Waals surface area contributed by atoms with E-state index in [1.807, 2.05) is 24.5 Å². The topological polar surface area (TPSA) is 36.3 Å². The highest BCUT2D eigenvalue weighted by atomic mass is 32.2. The van der Waals surface area contributed by atoms with Crippen LogP contribution in [0.4, 0.5) is 5.69 Å². The van der Waals surface area contributed by atoms with Gasteiger partial charge in [0.2, 0.25) is 0 Å². The SMILES string of the molecule is CSc1cccc(N(C)CC2CCCOC2)c1C#N. The standard InChI is InChI=1S/C15H20N2OS/c1-17(10-12-5-4-8-18-11-12)14-6-3-7-15(19-2)13(14)9-16/h3,6-7,12H,4-5,8,10-11H2,1-2H3. The summed E-state index contributed by atoms with van der Waals surface area (Å²) in [6.45, 7) is 2.69. The normalized spacial score (nSPS) is 18.9. The monoisotopic (exact) mass is 276 g/mol. The molecule has 0 radical (unpaired) electrons. The molecule has 1 saturated heterocycles. The van der Waals surface area contributed by atoms with E-state index in [2.05, 4.69) is 18.0 Å². The van der Waals surface area contributed by atoms with Gasteiger partial charge in [0, 0.05) is 25.1 Å². The van der Waals surface area contributed by atoms with E-state index in [1.54, 1.807) is 11.8 Å². The van der Waals surface area contributed by atoms with Gasteiger partial charge in [0.1, 0.15) is 6.07 Å². The molecule has 3 nitrogen and oxygen atoms in total. The number of hydrogen-bond donors (Lipinski definition) is 0. The predicted molar refractivity (Wildman–Crippen MR) is 79.8 cm³/mol. The zero-order chi connectivity index (χ0) is 13.7. The summed E-state index contributed by atoms with van der Waals surface area (Å²) < 4.78 is 5.52. The van der Waals surface area contributed by atoms with Crippen molar-refractivity contribution in [3.8, 4) is 6.07 Å². The zero-order valence-electron chi connectivity index (χ0n) is 11.6. The molecule has 2 rings (SSSR count). The zero-order valence-corrected chi connectivity index (χ0v) is 12.4. The molecular weight excluding hydrogens is 256 g/mol. The molecule has 0 aromatic heterocycles. The predicted octanol–water partition coefficient (Wildman–Crippen LogP) is 3.14. The molecule has 0 aliphatic carbocycles. The van der Waals surface area contributed by atoms with Crippen molar-refractivity contribution in [2.75, 3.05) is 38.0 Å². The van der Waals surface area contributed by atoms with E-state index in [1.165, 1.54) is 6.42 Å². The highest BCUT2D eigenvalue weighted by molar-refractivity contribution is 7.98. The van der Waals surface area contributed by atoms with Crippen LogP contribution in [0.5, 0.6) is 0 Å². The van der Waals surface area contributed by atoms with Gasteiger partial charge < -0.3 is 9.64 Å². The van der Waals surface area contributed by atoms with Crippen molar-refractivity contribution in [3.63, 3.8) is 0 Å². The van der Waals surface area contributed by atoms with Crippen LogP contribution in [0.1, 0.15) is 18.4 Å². The lowest BCUT2D eigenvalue weighted by atomic mass is 10.0. The first-order valence-electron chi connectivity index (χ1n) is 6.62. The number of rotatable bonds is 4. The Morgan fingerprint density at radius 2 is 2.37 bits per heavy atom. The third-order valence-corrected chi connectivity index (χ3v) is 4.31. The highest BCUT2D eigenvalue weighted by Crippen LogP contribution is 2.29. The van der Waals surface area contributed by atoms with Gasteiger partial charge in [0.15, 0.2) is 0 Å². The van der Waals surface area contributed by atoms with Crippen LogP contribution in [0.2, 0.25) is 0 Å². The Labute approximate surface area is 119 Å². The Morgan fingerprint density at radius 1 is 1.53 bits per heavy atom. The number of ether oxygens (including phenoxy) is 1. The van der Waals surface area contributed by atoms with Crippen molar-refractivity contribution in [2.24, 2.45) is 5.92 Å². The average Bonchev–Trinajstić information content (AvgIpc) is 2.47. The number of nitrogens with zero attached hydrogens (tertiary/aromatic N) is 2. The van der Waals surface area contributed by atoms with Gasteiger partial charge >= 0.3 is 0 Å². The molecule has 102 valence electrons. The minimum atomic E-state index is 0.572. The fourth-order valence-corrected chi connectivity index (χ4v) is 3.13. The second kappa shape index (κ2) is 6.83. The molecule has 1 fully saturated rings. The van der Waals surface area contributed by atoms with Crippen LogP contribution < -0.4 is 4.90 Å². The van der Waals surface area contributed by atoms with Gasteiger partial charge in [0.05, 0.1) is 17.9 Å². The molecule has 1 aliphatic heterocycles. The van der Waals surface area contributed by atoms with Crippen molar-refractivity contribution in [1.82, 2.24) is 0 Å². The average molecular weight is 276 g/mol. The van der Waals surface area contributed by atoms with Crippen molar-refractivity contribution in [1.29, 1.82) is 5.26 Å². The maximum Gasteiger partial charge on any atom is 0.102 e. The summed E-state index contributed by atoms with van der Waals surface area (Å²) in [5.74, 6) is 0.572. The molecular formula is C15H20N2OS. The number of hydrogen-bond acceptors (Lipinski definition) is 4. The van der Waals surface area contributed by atoms with E-state index in [-0.39, 0.29) is 0 Å². The number of nitriles is 1. The molecule has 1 unspecified atom stereocenters. The lowest BCUT2D eigenvalue weighted by molar-refractivity contribution is 0.0576. The molecule has 0 spiro atoms. The van der Waals surface area contributed by atoms with Crippen LogP contribution in [-0.4, -0.2) is 33.1 Å². The van der Waals surface area contributed by atoms with Gasteiger partial charge in [-0.3, -0.25) is 0 Å². The molecule has 0 bridgehead atoms. The quantitative estimate of drug-likeness (QED) is 0.792. The highest BCUT2D eigenvalue weighted by Gasteiger charge is 2.18. The first kappa shape index (κ1) is 14.2. The van der Waals surface area contributed by atoms with E-state index in [0.29, 0.717) is 5.92 Å². The fourth-order valence-electron chi connectivity index (χ4n) is 2.56. The molecule has 1 aromatic rings. The molecule has 1 aromatic carbocycles. The molecule has 0 saturated carbocycles. The maximum atomic E-state index is 9.37. The van der Waals surface area contributed by atoms with Crippen molar-refractivity contribution in [3.05, 3.63) is 23.8 Å². The largest absolute Gasteiger partial charge is 0.381 e. The fraction of sp³-hybridized carbons (Fsp3) is 0.533. The summed E-state index contributed by atoms with van der Waals surface area (Å²) in [4.78, 5) is 3.24. The molecule has 1 aliphatic rings. The minimum absolute atomic E-state index is 0.572. The van der Waals surface area contributed by atoms with Crippen molar-refractivity contribution >= 4 is 17.4 Å². The molecule has 19 heavy (non-hydrogen) atoms. The Morgan fingerprint density at radius 3 is 3.00 bits per heavy atom. The van der Waals surface area contributed by atoms with Gasteiger partial charge in [-0.25, -0.2) is 0 Å². The molecule has 0 N–H and O–H groups in total. The van der Waals surface area contributed by atoms with E-state index in [4.69, 9.17) is 4.74 Å². The van der Waals surface area contributed by atoms with E-state index in [0.717, 1.165) is 42.3 Å².